The van der Waals surface area contributed by atoms with Gasteiger partial charge in [-0.25, -0.2) is 0 Å². The second-order valence-electron chi connectivity index (χ2n) is 3.68. The quantitative estimate of drug-likeness (QED) is 0.505. The number of hydrogen-bond acceptors (Lipinski definition) is 0. The van der Waals surface area contributed by atoms with Crippen LogP contribution in [0.15, 0.2) is 54.8 Å². The first-order valence-electron chi connectivity index (χ1n) is 4.52. The standard InChI is InChI=1S/C12H16Si/c1-4-5-11-13(2,3)12-9-7-6-8-10-12/h4-11H,1H2,2-3H3/b11-5+. The monoisotopic (exact) mass is 188 g/mol. The van der Waals surface area contributed by atoms with Crippen molar-refractivity contribution in [1.82, 2.24) is 0 Å². The molecule has 1 aromatic carbocycles. The molecular formula is C12H16Si. The van der Waals surface area contributed by atoms with Gasteiger partial charge < -0.3 is 0 Å². The highest BCUT2D eigenvalue weighted by molar-refractivity contribution is 6.93. The molecule has 0 saturated carbocycles. The summed E-state index contributed by atoms with van der Waals surface area (Å²) < 4.78 is 0. The maximum atomic E-state index is 3.69. The van der Waals surface area contributed by atoms with Crippen LogP contribution in [0.1, 0.15) is 0 Å². The molecule has 0 spiro atoms. The highest BCUT2D eigenvalue weighted by Gasteiger charge is 2.18. The second kappa shape index (κ2) is 4.24. The van der Waals surface area contributed by atoms with Crippen molar-refractivity contribution >= 4 is 13.3 Å². The van der Waals surface area contributed by atoms with E-state index in [1.807, 2.05) is 6.08 Å². The van der Waals surface area contributed by atoms with Gasteiger partial charge >= 0.3 is 0 Å². The summed E-state index contributed by atoms with van der Waals surface area (Å²) in [6.45, 7) is 8.36. The second-order valence-corrected chi connectivity index (χ2v) is 8.04. The van der Waals surface area contributed by atoms with Crippen LogP contribution in [0.3, 0.4) is 0 Å². The summed E-state index contributed by atoms with van der Waals surface area (Å²) >= 11 is 0. The molecule has 0 atom stereocenters. The van der Waals surface area contributed by atoms with Crippen LogP contribution in [-0.4, -0.2) is 8.07 Å². The lowest BCUT2D eigenvalue weighted by molar-refractivity contribution is 1.70. The highest BCUT2D eigenvalue weighted by atomic mass is 28.3. The fourth-order valence-electron chi connectivity index (χ4n) is 1.27. The van der Waals surface area contributed by atoms with Crippen molar-refractivity contribution in [3.8, 4) is 0 Å². The third kappa shape index (κ3) is 2.70. The molecule has 0 saturated heterocycles. The largest absolute Gasteiger partial charge is 0.104 e. The van der Waals surface area contributed by atoms with Crippen LogP contribution in [0.2, 0.25) is 13.1 Å². The van der Waals surface area contributed by atoms with Gasteiger partial charge in [-0.1, -0.05) is 73.0 Å². The van der Waals surface area contributed by atoms with Gasteiger partial charge in [-0.15, -0.1) is 0 Å². The Morgan fingerprint density at radius 3 is 2.31 bits per heavy atom. The van der Waals surface area contributed by atoms with Gasteiger partial charge in [-0.2, -0.15) is 0 Å². The summed E-state index contributed by atoms with van der Waals surface area (Å²) in [4.78, 5) is 0. The molecule has 0 fully saturated rings. The van der Waals surface area contributed by atoms with Crippen LogP contribution in [0.25, 0.3) is 0 Å². The van der Waals surface area contributed by atoms with Gasteiger partial charge in [0.25, 0.3) is 0 Å². The van der Waals surface area contributed by atoms with Crippen molar-refractivity contribution in [3.63, 3.8) is 0 Å². The van der Waals surface area contributed by atoms with Gasteiger partial charge in [0, 0.05) is 0 Å². The van der Waals surface area contributed by atoms with Crippen LogP contribution in [0, 0.1) is 0 Å². The van der Waals surface area contributed by atoms with Crippen LogP contribution in [0.4, 0.5) is 0 Å². The summed E-state index contributed by atoms with van der Waals surface area (Å²) in [6.07, 6.45) is 3.90. The number of allylic oxidation sites excluding steroid dienone is 2. The van der Waals surface area contributed by atoms with Crippen molar-refractivity contribution in [2.75, 3.05) is 0 Å². The molecule has 1 rings (SSSR count). The molecule has 0 nitrogen and oxygen atoms in total. The summed E-state index contributed by atoms with van der Waals surface area (Å²) in [5.74, 6) is 0. The summed E-state index contributed by atoms with van der Waals surface area (Å²) in [7, 11) is -1.35. The van der Waals surface area contributed by atoms with Gasteiger partial charge in [0.05, 0.1) is 0 Å². The minimum atomic E-state index is -1.35. The van der Waals surface area contributed by atoms with Crippen molar-refractivity contribution in [2.24, 2.45) is 0 Å². The lowest BCUT2D eigenvalue weighted by atomic mass is 10.4. The van der Waals surface area contributed by atoms with E-state index in [0.717, 1.165) is 0 Å². The van der Waals surface area contributed by atoms with Crippen LogP contribution in [0.5, 0.6) is 0 Å². The van der Waals surface area contributed by atoms with Crippen molar-refractivity contribution in [2.45, 2.75) is 13.1 Å². The Morgan fingerprint density at radius 2 is 1.77 bits per heavy atom. The van der Waals surface area contributed by atoms with Crippen LogP contribution < -0.4 is 5.19 Å². The van der Waals surface area contributed by atoms with E-state index in [1.165, 1.54) is 5.19 Å². The fraction of sp³-hybridized carbons (Fsp3) is 0.167. The van der Waals surface area contributed by atoms with E-state index in [9.17, 15) is 0 Å². The Labute approximate surface area is 81.6 Å². The number of rotatable bonds is 3. The van der Waals surface area contributed by atoms with Crippen molar-refractivity contribution < 1.29 is 0 Å². The molecule has 68 valence electrons. The van der Waals surface area contributed by atoms with Gasteiger partial charge in [0.1, 0.15) is 8.07 Å². The first-order valence-corrected chi connectivity index (χ1v) is 7.60. The molecule has 0 N–H and O–H groups in total. The molecule has 0 aliphatic carbocycles. The van der Waals surface area contributed by atoms with Gasteiger partial charge in [-0.05, 0) is 0 Å². The molecule has 0 aromatic heterocycles. The Kier molecular flexibility index (Phi) is 3.26. The molecule has 0 radical (unpaired) electrons. The molecule has 0 bridgehead atoms. The van der Waals surface area contributed by atoms with E-state index >= 15 is 0 Å². The molecule has 0 heterocycles. The molecule has 0 amide bonds. The van der Waals surface area contributed by atoms with Gasteiger partial charge in [-0.3, -0.25) is 0 Å². The van der Waals surface area contributed by atoms with E-state index in [1.54, 1.807) is 0 Å². The summed E-state index contributed by atoms with van der Waals surface area (Å²) in [5.41, 5.74) is 2.30. The minimum absolute atomic E-state index is 1.35. The molecule has 1 heteroatoms. The maximum absolute atomic E-state index is 3.69. The van der Waals surface area contributed by atoms with E-state index in [4.69, 9.17) is 0 Å². The third-order valence-electron chi connectivity index (χ3n) is 2.17. The average Bonchev–Trinajstić information content (AvgIpc) is 2.16. The molecule has 0 aliphatic heterocycles. The van der Waals surface area contributed by atoms with E-state index in [-0.39, 0.29) is 0 Å². The van der Waals surface area contributed by atoms with E-state index in [0.29, 0.717) is 0 Å². The molecule has 13 heavy (non-hydrogen) atoms. The van der Waals surface area contributed by atoms with Crippen molar-refractivity contribution in [1.29, 1.82) is 0 Å². The zero-order valence-electron chi connectivity index (χ0n) is 8.33. The molecule has 1 aromatic rings. The Bertz CT molecular complexity index is 296. The minimum Gasteiger partial charge on any atom is -0.0991 e. The smallest absolute Gasteiger partial charge is 0.0991 e. The Morgan fingerprint density at radius 1 is 1.15 bits per heavy atom. The topological polar surface area (TPSA) is 0 Å². The Hall–Kier alpha value is -1.08. The summed E-state index contributed by atoms with van der Waals surface area (Å²) in [6, 6.07) is 10.7. The first kappa shape index (κ1) is 10.0. The first-order chi connectivity index (χ1) is 6.17. The maximum Gasteiger partial charge on any atom is 0.104 e. The van der Waals surface area contributed by atoms with Crippen LogP contribution in [-0.2, 0) is 0 Å². The fourth-order valence-corrected chi connectivity index (χ4v) is 3.13. The zero-order chi connectivity index (χ0) is 9.73. The van der Waals surface area contributed by atoms with E-state index < -0.39 is 8.07 Å². The average molecular weight is 188 g/mol. The Balaban J connectivity index is 2.93. The number of hydrogen-bond donors (Lipinski definition) is 0. The van der Waals surface area contributed by atoms with Gasteiger partial charge in [0.2, 0.25) is 0 Å². The lowest BCUT2D eigenvalue weighted by Gasteiger charge is -2.17. The molecule has 0 unspecified atom stereocenters. The van der Waals surface area contributed by atoms with Crippen molar-refractivity contribution in [3.05, 3.63) is 54.8 Å². The normalized spacial score (nSPS) is 11.8. The van der Waals surface area contributed by atoms with E-state index in [2.05, 4.69) is 61.8 Å². The summed E-state index contributed by atoms with van der Waals surface area (Å²) in [5, 5.41) is 1.47. The van der Waals surface area contributed by atoms with Crippen LogP contribution >= 0.6 is 0 Å². The van der Waals surface area contributed by atoms with Gasteiger partial charge in [0.15, 0.2) is 0 Å². The highest BCUT2D eigenvalue weighted by Crippen LogP contribution is 2.04. The zero-order valence-corrected chi connectivity index (χ0v) is 9.33. The lowest BCUT2D eigenvalue weighted by Crippen LogP contribution is -2.39. The predicted molar refractivity (Wildman–Crippen MR) is 62.9 cm³/mol. The third-order valence-corrected chi connectivity index (χ3v) is 5.01. The molecular weight excluding hydrogens is 172 g/mol. The SMILES string of the molecule is C=C/C=C/[Si](C)(C)c1ccccc1. The molecule has 0 aliphatic rings. The predicted octanol–water partition coefficient (Wildman–Crippen LogP) is 2.88. The number of benzene rings is 1.